The van der Waals surface area contributed by atoms with Gasteiger partial charge in [-0.1, -0.05) is 30.3 Å². The minimum Gasteiger partial charge on any atom is -0.385 e. The number of aliphatic hydroxyl groups excluding tert-OH is 1. The number of nitrogens with two attached hydrogens (primary N) is 1. The Morgan fingerprint density at radius 1 is 1.33 bits per heavy atom. The summed E-state index contributed by atoms with van der Waals surface area (Å²) in [6.45, 7) is 0.191. The van der Waals surface area contributed by atoms with Crippen LogP contribution in [0.5, 0.6) is 0 Å². The van der Waals surface area contributed by atoms with Crippen molar-refractivity contribution in [3.8, 4) is 11.3 Å². The molecule has 0 fully saturated rings. The van der Waals surface area contributed by atoms with Gasteiger partial charge in [0.15, 0.2) is 0 Å². The van der Waals surface area contributed by atoms with Crippen molar-refractivity contribution in [2.45, 2.75) is 6.10 Å². The van der Waals surface area contributed by atoms with Crippen molar-refractivity contribution < 1.29 is 5.11 Å². The second-order valence-corrected chi connectivity index (χ2v) is 3.33. The van der Waals surface area contributed by atoms with E-state index in [1.807, 2.05) is 36.4 Å². The topological polar surface area (TPSA) is 74.9 Å². The predicted molar refractivity (Wildman–Crippen MR) is 58.0 cm³/mol. The lowest BCUT2D eigenvalue weighted by Gasteiger charge is -2.01. The average molecular weight is 203 g/mol. The summed E-state index contributed by atoms with van der Waals surface area (Å²) >= 11 is 0. The molecule has 4 N–H and O–H groups in total. The Kier molecular flexibility index (Phi) is 2.80. The molecule has 1 aromatic heterocycles. The van der Waals surface area contributed by atoms with Gasteiger partial charge in [-0.2, -0.15) is 5.10 Å². The van der Waals surface area contributed by atoms with Crippen LogP contribution in [-0.2, 0) is 0 Å². The van der Waals surface area contributed by atoms with Crippen molar-refractivity contribution in [1.29, 1.82) is 0 Å². The van der Waals surface area contributed by atoms with E-state index >= 15 is 0 Å². The van der Waals surface area contributed by atoms with Crippen LogP contribution in [0.15, 0.2) is 36.4 Å². The van der Waals surface area contributed by atoms with Crippen LogP contribution in [0.4, 0.5) is 0 Å². The molecule has 4 nitrogen and oxygen atoms in total. The number of hydrogen-bond acceptors (Lipinski definition) is 3. The van der Waals surface area contributed by atoms with Crippen molar-refractivity contribution in [3.63, 3.8) is 0 Å². The van der Waals surface area contributed by atoms with Gasteiger partial charge in [0.25, 0.3) is 0 Å². The highest BCUT2D eigenvalue weighted by Crippen LogP contribution is 2.19. The first-order valence-corrected chi connectivity index (χ1v) is 4.80. The van der Waals surface area contributed by atoms with Gasteiger partial charge in [-0.3, -0.25) is 5.10 Å². The summed E-state index contributed by atoms with van der Waals surface area (Å²) in [5.74, 6) is 0. The van der Waals surface area contributed by atoms with E-state index < -0.39 is 6.10 Å². The lowest BCUT2D eigenvalue weighted by Crippen LogP contribution is -2.11. The zero-order chi connectivity index (χ0) is 10.7. The van der Waals surface area contributed by atoms with Crippen LogP contribution in [0, 0.1) is 0 Å². The molecule has 78 valence electrons. The van der Waals surface area contributed by atoms with Crippen LogP contribution in [-0.4, -0.2) is 21.8 Å². The molecular weight excluding hydrogens is 190 g/mol. The third-order valence-corrected chi connectivity index (χ3v) is 2.25. The fourth-order valence-electron chi connectivity index (χ4n) is 1.39. The maximum atomic E-state index is 9.49. The quantitative estimate of drug-likeness (QED) is 0.698. The van der Waals surface area contributed by atoms with E-state index in [2.05, 4.69) is 10.2 Å². The van der Waals surface area contributed by atoms with Gasteiger partial charge < -0.3 is 10.8 Å². The molecule has 0 aliphatic heterocycles. The largest absolute Gasteiger partial charge is 0.385 e. The van der Waals surface area contributed by atoms with E-state index in [1.54, 1.807) is 0 Å². The Morgan fingerprint density at radius 2 is 2.07 bits per heavy atom. The van der Waals surface area contributed by atoms with Gasteiger partial charge in [-0.25, -0.2) is 0 Å². The molecule has 2 rings (SSSR count). The van der Waals surface area contributed by atoms with Crippen molar-refractivity contribution in [2.75, 3.05) is 6.54 Å². The Bertz CT molecular complexity index is 424. The molecule has 4 heteroatoms. The van der Waals surface area contributed by atoms with Crippen LogP contribution in [0.1, 0.15) is 11.8 Å². The van der Waals surface area contributed by atoms with Gasteiger partial charge in [-0.15, -0.1) is 0 Å². The highest BCUT2D eigenvalue weighted by molar-refractivity contribution is 5.58. The van der Waals surface area contributed by atoms with E-state index in [1.165, 1.54) is 0 Å². The number of hydrogen-bond donors (Lipinski definition) is 3. The monoisotopic (exact) mass is 203 g/mol. The molecule has 0 saturated carbocycles. The second kappa shape index (κ2) is 4.25. The number of nitrogens with one attached hydrogen (secondary N) is 1. The van der Waals surface area contributed by atoms with E-state index in [0.717, 1.165) is 11.3 Å². The molecule has 0 radical (unpaired) electrons. The van der Waals surface area contributed by atoms with Crippen LogP contribution in [0.3, 0.4) is 0 Å². The van der Waals surface area contributed by atoms with Crippen LogP contribution in [0.25, 0.3) is 11.3 Å². The number of aromatic amines is 1. The zero-order valence-electron chi connectivity index (χ0n) is 8.22. The molecule has 0 saturated heterocycles. The Labute approximate surface area is 87.7 Å². The fraction of sp³-hybridized carbons (Fsp3) is 0.182. The first-order chi connectivity index (χ1) is 7.31. The number of aromatic nitrogens is 2. The smallest absolute Gasteiger partial charge is 0.108 e. The van der Waals surface area contributed by atoms with Gasteiger partial charge in [-0.05, 0) is 6.07 Å². The molecule has 1 atom stereocenters. The summed E-state index contributed by atoms with van der Waals surface area (Å²) in [7, 11) is 0. The van der Waals surface area contributed by atoms with Gasteiger partial charge >= 0.3 is 0 Å². The van der Waals surface area contributed by atoms with Crippen molar-refractivity contribution in [3.05, 3.63) is 42.1 Å². The molecular formula is C11H13N3O. The van der Waals surface area contributed by atoms with Crippen molar-refractivity contribution >= 4 is 0 Å². The first-order valence-electron chi connectivity index (χ1n) is 4.80. The molecule has 0 unspecified atom stereocenters. The number of rotatable bonds is 3. The van der Waals surface area contributed by atoms with E-state index in [4.69, 9.17) is 5.73 Å². The molecule has 0 aliphatic carbocycles. The van der Waals surface area contributed by atoms with E-state index in [0.29, 0.717) is 5.69 Å². The summed E-state index contributed by atoms with van der Waals surface area (Å²) < 4.78 is 0. The van der Waals surface area contributed by atoms with Crippen molar-refractivity contribution in [1.82, 2.24) is 10.2 Å². The first kappa shape index (κ1) is 9.89. The zero-order valence-corrected chi connectivity index (χ0v) is 8.22. The minimum atomic E-state index is -0.671. The maximum Gasteiger partial charge on any atom is 0.108 e. The molecule has 1 aromatic carbocycles. The highest BCUT2D eigenvalue weighted by atomic mass is 16.3. The van der Waals surface area contributed by atoms with Gasteiger partial charge in [0, 0.05) is 12.1 Å². The SMILES string of the molecule is NC[C@@H](O)c1cc(-c2ccccc2)n[nH]1. The molecule has 0 aliphatic rings. The summed E-state index contributed by atoms with van der Waals surface area (Å²) in [5, 5.41) is 16.4. The van der Waals surface area contributed by atoms with Crippen LogP contribution < -0.4 is 5.73 Å². The van der Waals surface area contributed by atoms with Gasteiger partial charge in [0.1, 0.15) is 6.10 Å². The predicted octanol–water partition coefficient (Wildman–Crippen LogP) is 1.07. The maximum absolute atomic E-state index is 9.49. The number of nitrogens with zero attached hydrogens (tertiary/aromatic N) is 1. The third-order valence-electron chi connectivity index (χ3n) is 2.25. The molecule has 0 spiro atoms. The summed E-state index contributed by atoms with van der Waals surface area (Å²) in [5.41, 5.74) is 7.84. The third kappa shape index (κ3) is 2.06. The minimum absolute atomic E-state index is 0.191. The Balaban J connectivity index is 2.28. The normalized spacial score (nSPS) is 12.7. The molecule has 15 heavy (non-hydrogen) atoms. The van der Waals surface area contributed by atoms with Crippen LogP contribution >= 0.6 is 0 Å². The van der Waals surface area contributed by atoms with E-state index in [9.17, 15) is 5.11 Å². The standard InChI is InChI=1S/C11H13N3O/c12-7-11(15)10-6-9(13-14-10)8-4-2-1-3-5-8/h1-6,11,15H,7,12H2,(H,13,14)/t11-/m1/s1. The number of H-pyrrole nitrogens is 1. The lowest BCUT2D eigenvalue weighted by atomic mass is 10.1. The molecule has 2 aromatic rings. The summed E-state index contributed by atoms with van der Waals surface area (Å²) in [6, 6.07) is 11.6. The molecule has 0 amide bonds. The number of aliphatic hydroxyl groups is 1. The lowest BCUT2D eigenvalue weighted by molar-refractivity contribution is 0.182. The number of benzene rings is 1. The van der Waals surface area contributed by atoms with Gasteiger partial charge in [0.05, 0.1) is 11.4 Å². The summed E-state index contributed by atoms with van der Waals surface area (Å²) in [6.07, 6.45) is -0.671. The highest BCUT2D eigenvalue weighted by Gasteiger charge is 2.09. The molecule has 1 heterocycles. The average Bonchev–Trinajstić information content (AvgIpc) is 2.78. The van der Waals surface area contributed by atoms with E-state index in [-0.39, 0.29) is 6.54 Å². The fourth-order valence-corrected chi connectivity index (χ4v) is 1.39. The Hall–Kier alpha value is -1.65. The second-order valence-electron chi connectivity index (χ2n) is 3.33. The van der Waals surface area contributed by atoms with Crippen LogP contribution in [0.2, 0.25) is 0 Å². The Morgan fingerprint density at radius 3 is 2.73 bits per heavy atom. The van der Waals surface area contributed by atoms with Crippen molar-refractivity contribution in [2.24, 2.45) is 5.73 Å². The van der Waals surface area contributed by atoms with Gasteiger partial charge in [0.2, 0.25) is 0 Å². The summed E-state index contributed by atoms with van der Waals surface area (Å²) in [4.78, 5) is 0. The molecule has 0 bridgehead atoms.